The summed E-state index contributed by atoms with van der Waals surface area (Å²) in [4.78, 5) is 16.3. The molecule has 1 heterocycles. The fourth-order valence-electron chi connectivity index (χ4n) is 2.88. The van der Waals surface area contributed by atoms with Crippen LogP contribution in [0.15, 0.2) is 12.4 Å². The molecule has 1 aromatic rings. The third kappa shape index (κ3) is 3.15. The van der Waals surface area contributed by atoms with Crippen LogP contribution in [0.4, 0.5) is 0 Å². The number of nitrogens with zero attached hydrogens (tertiary/aromatic N) is 2. The number of aromatic nitrogens is 2. The van der Waals surface area contributed by atoms with Crippen molar-refractivity contribution in [1.29, 1.82) is 0 Å². The first-order chi connectivity index (χ1) is 9.18. The van der Waals surface area contributed by atoms with E-state index in [-0.39, 0.29) is 11.4 Å². The predicted molar refractivity (Wildman–Crippen MR) is 72.4 cm³/mol. The minimum absolute atomic E-state index is 0.0699. The number of carbonyl (C=O) groups is 1. The summed E-state index contributed by atoms with van der Waals surface area (Å²) in [5.41, 5.74) is -0.335. The van der Waals surface area contributed by atoms with Crippen LogP contribution >= 0.6 is 0 Å². The van der Waals surface area contributed by atoms with E-state index in [4.69, 9.17) is 4.74 Å². The lowest BCUT2D eigenvalue weighted by molar-refractivity contribution is -0.154. The number of carbonyl (C=O) groups excluding carboxylic acids is 1. The summed E-state index contributed by atoms with van der Waals surface area (Å²) in [6, 6.07) is 0. The molecule has 0 unspecified atom stereocenters. The summed E-state index contributed by atoms with van der Waals surface area (Å²) in [7, 11) is 3.46. The number of rotatable bonds is 5. The molecule has 0 radical (unpaired) electrons. The highest BCUT2D eigenvalue weighted by molar-refractivity contribution is 5.77. The van der Waals surface area contributed by atoms with Crippen LogP contribution in [0, 0.1) is 5.41 Å². The van der Waals surface area contributed by atoms with Gasteiger partial charge in [0.15, 0.2) is 0 Å². The van der Waals surface area contributed by atoms with Crippen molar-refractivity contribution in [2.24, 2.45) is 12.5 Å². The topological polar surface area (TPSA) is 56.1 Å². The number of hydrogen-bond acceptors (Lipinski definition) is 4. The molecule has 0 saturated heterocycles. The van der Waals surface area contributed by atoms with Crippen molar-refractivity contribution in [1.82, 2.24) is 14.9 Å². The van der Waals surface area contributed by atoms with E-state index in [9.17, 15) is 4.79 Å². The van der Waals surface area contributed by atoms with Crippen LogP contribution in [0.25, 0.3) is 0 Å². The molecular weight excluding hydrogens is 242 g/mol. The molecular formula is C14H23N3O2. The van der Waals surface area contributed by atoms with Gasteiger partial charge in [0.25, 0.3) is 0 Å². The molecule has 0 aliphatic heterocycles. The van der Waals surface area contributed by atoms with Gasteiger partial charge in [0.1, 0.15) is 5.82 Å². The normalized spacial score (nSPS) is 18.2. The van der Waals surface area contributed by atoms with Gasteiger partial charge in [0.2, 0.25) is 0 Å². The average molecular weight is 265 g/mol. The quantitative estimate of drug-likeness (QED) is 0.822. The smallest absolute Gasteiger partial charge is 0.313 e. The zero-order valence-electron chi connectivity index (χ0n) is 11.8. The Morgan fingerprint density at radius 1 is 1.47 bits per heavy atom. The van der Waals surface area contributed by atoms with Crippen LogP contribution in [0.3, 0.4) is 0 Å². The van der Waals surface area contributed by atoms with Crippen molar-refractivity contribution < 1.29 is 9.53 Å². The van der Waals surface area contributed by atoms with Gasteiger partial charge in [0, 0.05) is 26.0 Å². The molecule has 0 spiro atoms. The second kappa shape index (κ2) is 6.19. The van der Waals surface area contributed by atoms with Crippen molar-refractivity contribution in [3.05, 3.63) is 18.2 Å². The average Bonchev–Trinajstić information content (AvgIpc) is 2.84. The first-order valence-electron chi connectivity index (χ1n) is 6.93. The highest BCUT2D eigenvalue weighted by atomic mass is 16.5. The minimum atomic E-state index is -0.335. The molecule has 1 aliphatic rings. The molecule has 19 heavy (non-hydrogen) atoms. The van der Waals surface area contributed by atoms with Gasteiger partial charge >= 0.3 is 5.97 Å². The van der Waals surface area contributed by atoms with Crippen LogP contribution in [-0.2, 0) is 23.1 Å². The Hall–Kier alpha value is -1.36. The third-order valence-corrected chi connectivity index (χ3v) is 4.10. The molecule has 1 saturated carbocycles. The van der Waals surface area contributed by atoms with E-state index < -0.39 is 0 Å². The van der Waals surface area contributed by atoms with Crippen molar-refractivity contribution in [3.8, 4) is 0 Å². The highest BCUT2D eigenvalue weighted by Gasteiger charge is 2.40. The Labute approximate surface area is 114 Å². The van der Waals surface area contributed by atoms with Crippen molar-refractivity contribution >= 4 is 5.97 Å². The van der Waals surface area contributed by atoms with Gasteiger partial charge in [-0.15, -0.1) is 0 Å². The number of esters is 1. The monoisotopic (exact) mass is 265 g/mol. The summed E-state index contributed by atoms with van der Waals surface area (Å²) < 4.78 is 6.99. The summed E-state index contributed by atoms with van der Waals surface area (Å²) in [6.45, 7) is 1.36. The van der Waals surface area contributed by atoms with Crippen LogP contribution in [0.2, 0.25) is 0 Å². The second-order valence-electron chi connectivity index (χ2n) is 5.39. The Bertz CT molecular complexity index is 422. The van der Waals surface area contributed by atoms with Gasteiger partial charge in [-0.05, 0) is 12.8 Å². The molecule has 1 aliphatic carbocycles. The van der Waals surface area contributed by atoms with Gasteiger partial charge in [-0.25, -0.2) is 4.98 Å². The Kier molecular flexibility index (Phi) is 4.58. The molecule has 2 rings (SSSR count). The molecule has 0 aromatic carbocycles. The summed E-state index contributed by atoms with van der Waals surface area (Å²) in [6.07, 6.45) is 9.00. The van der Waals surface area contributed by atoms with Gasteiger partial charge in [0.05, 0.1) is 19.1 Å². The Balaban J connectivity index is 1.93. The van der Waals surface area contributed by atoms with Crippen molar-refractivity contribution in [3.63, 3.8) is 0 Å². The molecule has 0 atom stereocenters. The van der Waals surface area contributed by atoms with E-state index >= 15 is 0 Å². The Morgan fingerprint density at radius 3 is 2.79 bits per heavy atom. The zero-order chi connectivity index (χ0) is 13.7. The molecule has 1 fully saturated rings. The number of imidazole rings is 1. The lowest BCUT2D eigenvalue weighted by Crippen LogP contribution is -2.43. The standard InChI is InChI=1S/C14H23N3O2/c1-17-9-8-16-12(17)10-15-11-14(13(18)19-2)6-4-3-5-7-14/h8-9,15H,3-7,10-11H2,1-2H3. The van der Waals surface area contributed by atoms with Gasteiger partial charge in [-0.3, -0.25) is 4.79 Å². The third-order valence-electron chi connectivity index (χ3n) is 4.10. The number of hydrogen-bond donors (Lipinski definition) is 1. The van der Waals surface area contributed by atoms with Gasteiger partial charge in [-0.1, -0.05) is 19.3 Å². The maximum atomic E-state index is 12.1. The van der Waals surface area contributed by atoms with E-state index in [2.05, 4.69) is 10.3 Å². The van der Waals surface area contributed by atoms with Crippen molar-refractivity contribution in [2.45, 2.75) is 38.6 Å². The van der Waals surface area contributed by atoms with E-state index in [0.717, 1.165) is 31.5 Å². The summed E-state index contributed by atoms with van der Waals surface area (Å²) in [5, 5.41) is 3.37. The zero-order valence-corrected chi connectivity index (χ0v) is 11.8. The van der Waals surface area contributed by atoms with Crippen LogP contribution in [0.5, 0.6) is 0 Å². The first-order valence-corrected chi connectivity index (χ1v) is 6.93. The van der Waals surface area contributed by atoms with Gasteiger partial charge in [-0.2, -0.15) is 0 Å². The summed E-state index contributed by atoms with van der Waals surface area (Å²) in [5.74, 6) is 0.912. The predicted octanol–water partition coefficient (Wildman–Crippen LogP) is 1.63. The van der Waals surface area contributed by atoms with Crippen LogP contribution in [-0.4, -0.2) is 29.2 Å². The number of ether oxygens (including phenoxy) is 1. The Morgan fingerprint density at radius 2 is 2.21 bits per heavy atom. The maximum absolute atomic E-state index is 12.1. The number of nitrogens with one attached hydrogen (secondary N) is 1. The lowest BCUT2D eigenvalue weighted by atomic mass is 9.74. The largest absolute Gasteiger partial charge is 0.469 e. The lowest BCUT2D eigenvalue weighted by Gasteiger charge is -2.34. The molecule has 0 bridgehead atoms. The second-order valence-corrected chi connectivity index (χ2v) is 5.39. The molecule has 1 aromatic heterocycles. The SMILES string of the molecule is COC(=O)C1(CNCc2nccn2C)CCCCC1. The molecule has 5 nitrogen and oxygen atoms in total. The van der Waals surface area contributed by atoms with E-state index in [1.165, 1.54) is 13.5 Å². The number of aryl methyl sites for hydroxylation is 1. The van der Waals surface area contributed by atoms with Gasteiger partial charge < -0.3 is 14.6 Å². The fourth-order valence-corrected chi connectivity index (χ4v) is 2.88. The number of methoxy groups -OCH3 is 1. The van der Waals surface area contributed by atoms with E-state index in [0.29, 0.717) is 13.1 Å². The van der Waals surface area contributed by atoms with Crippen LogP contribution in [0.1, 0.15) is 37.9 Å². The minimum Gasteiger partial charge on any atom is -0.469 e. The highest BCUT2D eigenvalue weighted by Crippen LogP contribution is 2.36. The molecule has 1 N–H and O–H groups in total. The molecule has 5 heteroatoms. The fraction of sp³-hybridized carbons (Fsp3) is 0.714. The first kappa shape index (κ1) is 14.1. The van der Waals surface area contributed by atoms with E-state index in [1.54, 1.807) is 6.20 Å². The van der Waals surface area contributed by atoms with Crippen molar-refractivity contribution in [2.75, 3.05) is 13.7 Å². The van der Waals surface area contributed by atoms with E-state index in [1.807, 2.05) is 17.8 Å². The maximum Gasteiger partial charge on any atom is 0.313 e. The molecule has 0 amide bonds. The summed E-state index contributed by atoms with van der Waals surface area (Å²) >= 11 is 0. The van der Waals surface area contributed by atoms with Crippen LogP contribution < -0.4 is 5.32 Å². The molecule has 106 valence electrons.